The molecule has 0 aromatic heterocycles. The standard InChI is InChI=1S/C16H21NO5/c1-3-16(14(18)19)8-12(9-17(10-16)15(20)21)11-4-6-13(22-2)7-5-11/h4-7,12H,3,8-10H2,1-2H3,(H,18,19)(H,20,21). The third-order valence-electron chi connectivity index (χ3n) is 4.56. The highest BCUT2D eigenvalue weighted by atomic mass is 16.5. The zero-order valence-electron chi connectivity index (χ0n) is 12.8. The number of piperidine rings is 1. The number of likely N-dealkylation sites (tertiary alicyclic amines) is 1. The number of hydrogen-bond donors (Lipinski definition) is 2. The fourth-order valence-electron chi connectivity index (χ4n) is 3.10. The van der Waals surface area contributed by atoms with E-state index in [0.717, 1.165) is 11.3 Å². The van der Waals surface area contributed by atoms with Crippen molar-refractivity contribution in [3.8, 4) is 5.75 Å². The second kappa shape index (κ2) is 6.25. The normalized spacial score (nSPS) is 24.8. The van der Waals surface area contributed by atoms with Crippen LogP contribution in [0.1, 0.15) is 31.2 Å². The molecule has 2 unspecified atom stereocenters. The average Bonchev–Trinajstić information content (AvgIpc) is 2.54. The first-order chi connectivity index (χ1) is 10.4. The molecule has 1 aromatic rings. The zero-order chi connectivity index (χ0) is 16.3. The number of carboxylic acid groups (broad SMARTS) is 2. The molecule has 2 atom stereocenters. The zero-order valence-corrected chi connectivity index (χ0v) is 12.8. The maximum absolute atomic E-state index is 11.7. The predicted molar refractivity (Wildman–Crippen MR) is 80.3 cm³/mol. The number of benzene rings is 1. The number of amides is 1. The molecule has 1 saturated heterocycles. The molecule has 0 bridgehead atoms. The van der Waals surface area contributed by atoms with Crippen molar-refractivity contribution in [1.29, 1.82) is 0 Å². The Morgan fingerprint density at radius 1 is 1.32 bits per heavy atom. The van der Waals surface area contributed by atoms with Gasteiger partial charge in [0, 0.05) is 19.0 Å². The third-order valence-corrected chi connectivity index (χ3v) is 4.56. The highest BCUT2D eigenvalue weighted by Crippen LogP contribution is 2.41. The van der Waals surface area contributed by atoms with E-state index >= 15 is 0 Å². The second-order valence-corrected chi connectivity index (χ2v) is 5.78. The van der Waals surface area contributed by atoms with Gasteiger partial charge in [0.2, 0.25) is 0 Å². The molecular weight excluding hydrogens is 286 g/mol. The monoisotopic (exact) mass is 307 g/mol. The van der Waals surface area contributed by atoms with Crippen LogP contribution in [0.25, 0.3) is 0 Å². The molecule has 1 amide bonds. The van der Waals surface area contributed by atoms with E-state index in [2.05, 4.69) is 0 Å². The molecule has 1 fully saturated rings. The van der Waals surface area contributed by atoms with E-state index in [9.17, 15) is 19.8 Å². The molecule has 2 N–H and O–H groups in total. The molecule has 0 spiro atoms. The van der Waals surface area contributed by atoms with E-state index in [4.69, 9.17) is 4.74 Å². The van der Waals surface area contributed by atoms with Gasteiger partial charge in [0.1, 0.15) is 5.75 Å². The number of rotatable bonds is 4. The predicted octanol–water partition coefficient (Wildman–Crippen LogP) is 2.64. The number of carbonyl (C=O) groups is 2. The van der Waals surface area contributed by atoms with Gasteiger partial charge in [0.25, 0.3) is 0 Å². The summed E-state index contributed by atoms with van der Waals surface area (Å²) >= 11 is 0. The van der Waals surface area contributed by atoms with Crippen LogP contribution in [0.3, 0.4) is 0 Å². The van der Waals surface area contributed by atoms with Gasteiger partial charge >= 0.3 is 12.1 Å². The first kappa shape index (κ1) is 16.1. The molecule has 1 heterocycles. The minimum absolute atomic E-state index is 0.0425. The van der Waals surface area contributed by atoms with Gasteiger partial charge in [-0.1, -0.05) is 19.1 Å². The van der Waals surface area contributed by atoms with Gasteiger partial charge in [-0.15, -0.1) is 0 Å². The third kappa shape index (κ3) is 3.00. The summed E-state index contributed by atoms with van der Waals surface area (Å²) in [5, 5.41) is 18.9. The van der Waals surface area contributed by atoms with Crippen LogP contribution < -0.4 is 4.74 Å². The molecular formula is C16H21NO5. The topological polar surface area (TPSA) is 87.1 Å². The molecule has 2 rings (SSSR count). The van der Waals surface area contributed by atoms with Crippen molar-refractivity contribution in [2.24, 2.45) is 5.41 Å². The van der Waals surface area contributed by atoms with Gasteiger partial charge in [-0.3, -0.25) is 4.79 Å². The molecule has 6 nitrogen and oxygen atoms in total. The first-order valence-electron chi connectivity index (χ1n) is 7.27. The maximum Gasteiger partial charge on any atom is 0.407 e. The lowest BCUT2D eigenvalue weighted by atomic mass is 9.72. The van der Waals surface area contributed by atoms with Gasteiger partial charge < -0.3 is 19.8 Å². The Labute approximate surface area is 129 Å². The summed E-state index contributed by atoms with van der Waals surface area (Å²) in [7, 11) is 1.58. The number of aliphatic carboxylic acids is 1. The highest BCUT2D eigenvalue weighted by Gasteiger charge is 2.46. The minimum Gasteiger partial charge on any atom is -0.497 e. The summed E-state index contributed by atoms with van der Waals surface area (Å²) in [6.07, 6.45) is -0.231. The van der Waals surface area contributed by atoms with Gasteiger partial charge in [0.15, 0.2) is 0 Å². The van der Waals surface area contributed by atoms with E-state index in [1.165, 1.54) is 4.90 Å². The fraction of sp³-hybridized carbons (Fsp3) is 0.500. The van der Waals surface area contributed by atoms with E-state index in [-0.39, 0.29) is 12.5 Å². The number of methoxy groups -OCH3 is 1. The smallest absolute Gasteiger partial charge is 0.407 e. The van der Waals surface area contributed by atoms with Crippen molar-refractivity contribution in [1.82, 2.24) is 4.90 Å². The van der Waals surface area contributed by atoms with Crippen LogP contribution in [-0.4, -0.2) is 47.4 Å². The van der Waals surface area contributed by atoms with Gasteiger partial charge in [-0.25, -0.2) is 4.79 Å². The quantitative estimate of drug-likeness (QED) is 0.893. The van der Waals surface area contributed by atoms with Crippen LogP contribution in [-0.2, 0) is 4.79 Å². The van der Waals surface area contributed by atoms with E-state index < -0.39 is 17.5 Å². The molecule has 120 valence electrons. The number of ether oxygens (including phenoxy) is 1. The number of carboxylic acids is 1. The average molecular weight is 307 g/mol. The summed E-state index contributed by atoms with van der Waals surface area (Å²) in [4.78, 5) is 24.3. The summed E-state index contributed by atoms with van der Waals surface area (Å²) in [6, 6.07) is 7.36. The summed E-state index contributed by atoms with van der Waals surface area (Å²) < 4.78 is 5.12. The van der Waals surface area contributed by atoms with Crippen molar-refractivity contribution < 1.29 is 24.5 Å². The molecule has 22 heavy (non-hydrogen) atoms. The Hall–Kier alpha value is -2.24. The number of nitrogens with zero attached hydrogens (tertiary/aromatic N) is 1. The van der Waals surface area contributed by atoms with Crippen LogP contribution in [0.15, 0.2) is 24.3 Å². The Morgan fingerprint density at radius 3 is 2.41 bits per heavy atom. The van der Waals surface area contributed by atoms with Crippen molar-refractivity contribution in [3.05, 3.63) is 29.8 Å². The van der Waals surface area contributed by atoms with Crippen LogP contribution in [0.2, 0.25) is 0 Å². The minimum atomic E-state index is -1.07. The van der Waals surface area contributed by atoms with Crippen molar-refractivity contribution in [2.75, 3.05) is 20.2 Å². The van der Waals surface area contributed by atoms with Gasteiger partial charge in [-0.05, 0) is 30.5 Å². The largest absolute Gasteiger partial charge is 0.497 e. The molecule has 0 radical (unpaired) electrons. The van der Waals surface area contributed by atoms with Crippen LogP contribution in [0.5, 0.6) is 5.75 Å². The fourth-order valence-corrected chi connectivity index (χ4v) is 3.10. The van der Waals surface area contributed by atoms with E-state index in [1.807, 2.05) is 24.3 Å². The summed E-state index contributed by atoms with van der Waals surface area (Å²) in [5.74, 6) is -0.346. The Bertz CT molecular complexity index is 556. The van der Waals surface area contributed by atoms with Gasteiger partial charge in [-0.2, -0.15) is 0 Å². The summed E-state index contributed by atoms with van der Waals surface area (Å²) in [6.45, 7) is 2.15. The Kier molecular flexibility index (Phi) is 4.59. The van der Waals surface area contributed by atoms with E-state index in [1.54, 1.807) is 14.0 Å². The van der Waals surface area contributed by atoms with Crippen molar-refractivity contribution in [2.45, 2.75) is 25.7 Å². The molecule has 1 aliphatic rings. The maximum atomic E-state index is 11.7. The second-order valence-electron chi connectivity index (χ2n) is 5.78. The van der Waals surface area contributed by atoms with Crippen LogP contribution in [0, 0.1) is 5.41 Å². The van der Waals surface area contributed by atoms with Crippen molar-refractivity contribution in [3.63, 3.8) is 0 Å². The lowest BCUT2D eigenvalue weighted by Crippen LogP contribution is -2.51. The molecule has 1 aromatic carbocycles. The SMILES string of the molecule is CCC1(C(=O)O)CC(c2ccc(OC)cc2)CN(C(=O)O)C1. The van der Waals surface area contributed by atoms with Gasteiger partial charge in [0.05, 0.1) is 12.5 Å². The lowest BCUT2D eigenvalue weighted by Gasteiger charge is -2.42. The molecule has 1 aliphatic heterocycles. The summed E-state index contributed by atoms with van der Waals surface area (Å²) in [5.41, 5.74) is -0.0906. The molecule has 0 saturated carbocycles. The van der Waals surface area contributed by atoms with Crippen LogP contribution in [0.4, 0.5) is 4.79 Å². The Balaban J connectivity index is 2.32. The van der Waals surface area contributed by atoms with E-state index in [0.29, 0.717) is 19.4 Å². The number of hydrogen-bond acceptors (Lipinski definition) is 3. The van der Waals surface area contributed by atoms with Crippen molar-refractivity contribution >= 4 is 12.1 Å². The molecule has 0 aliphatic carbocycles. The highest BCUT2D eigenvalue weighted by molar-refractivity contribution is 5.77. The Morgan fingerprint density at radius 2 is 1.95 bits per heavy atom. The molecule has 6 heteroatoms. The lowest BCUT2D eigenvalue weighted by molar-refractivity contribution is -0.152. The van der Waals surface area contributed by atoms with Crippen LogP contribution >= 0.6 is 0 Å². The first-order valence-corrected chi connectivity index (χ1v) is 7.27.